The maximum absolute atomic E-state index is 14.5. The van der Waals surface area contributed by atoms with Gasteiger partial charge in [0.05, 0.1) is 47.6 Å². The van der Waals surface area contributed by atoms with Crippen molar-refractivity contribution in [1.29, 1.82) is 0 Å². The molecular weight excluding hydrogens is 1000 g/mol. The fourth-order valence-electron chi connectivity index (χ4n) is 12.5. The Morgan fingerprint density at radius 3 is 1.71 bits per heavy atom. The van der Waals surface area contributed by atoms with Gasteiger partial charge in [-0.05, 0) is 92.0 Å². The van der Waals surface area contributed by atoms with E-state index in [1.165, 1.54) is 16.7 Å². The Kier molecular flexibility index (Phi) is 19.3. The number of hydrogen-bond acceptors (Lipinski definition) is 13. The first kappa shape index (κ1) is 57.9. The molecule has 4 heterocycles. The minimum atomic E-state index is -2.13. The lowest BCUT2D eigenvalue weighted by atomic mass is 9.83. The van der Waals surface area contributed by atoms with E-state index in [0.717, 1.165) is 79.4 Å². The van der Waals surface area contributed by atoms with Crippen molar-refractivity contribution in [2.24, 2.45) is 10.8 Å². The molecule has 11 atom stereocenters. The molecule has 0 bridgehead atoms. The van der Waals surface area contributed by atoms with Crippen LogP contribution in [0.4, 0.5) is 0 Å². The summed E-state index contributed by atoms with van der Waals surface area (Å²) >= 11 is 3.22. The number of thioether (sulfide) groups is 2. The maximum Gasteiger partial charge on any atom is 0.277 e. The number of ether oxygens (including phenoxy) is 2. The zero-order valence-corrected chi connectivity index (χ0v) is 47.4. The Balaban J connectivity index is 0.766. The first-order chi connectivity index (χ1) is 36.4. The van der Waals surface area contributed by atoms with Crippen LogP contribution >= 0.6 is 23.5 Å². The molecule has 2 aliphatic carbocycles. The smallest absolute Gasteiger partial charge is 0.277 e. The van der Waals surface area contributed by atoms with E-state index in [2.05, 4.69) is 63.9 Å². The Hall–Kier alpha value is -4.24. The number of amides is 6. The van der Waals surface area contributed by atoms with Gasteiger partial charge < -0.3 is 56.3 Å². The quantitative estimate of drug-likeness (QED) is 0.0577. The molecule has 2 aromatic rings. The van der Waals surface area contributed by atoms with Crippen LogP contribution in [-0.4, -0.2) is 149 Å². The summed E-state index contributed by atoms with van der Waals surface area (Å²) in [6, 6.07) is 12.7. The maximum atomic E-state index is 14.5. The highest BCUT2D eigenvalue weighted by Gasteiger charge is 2.59. The summed E-state index contributed by atoms with van der Waals surface area (Å²) in [5.74, 6) is -0.883. The van der Waals surface area contributed by atoms with Crippen LogP contribution in [-0.2, 0) is 51.1 Å². The van der Waals surface area contributed by atoms with Crippen LogP contribution in [0, 0.1) is 10.8 Å². The standard InChI is InChI=1S/C57H84N8O9S2/c1-35(59-7)50(67)63-57(72)25-29-76-45-33-56(4,5)49(65(45)54(57)71)52(69)62-47-39-23-17-15-21-37(39)31-42(47)74-27-19-13-11-9-8-10-12-18-26-73-41-30-36-20-14-16-22-38(36)46(41)61-51(68)48-55(2,3)32-44-64(48)53(70)40(24-28-75-44)60-43(66)34-58-6/h14-17,20-23,35,40-42,44-49,58-59,72H,8-13,18-19,24-34H2,1-7H3,(H,60,66)(H,61,68)(H,62,69)(H,63,67)/t35-,40-,41+,42+,44-,45-,46?,47-,48+,49+,57-/m0/s1. The van der Waals surface area contributed by atoms with Gasteiger partial charge in [0.15, 0.2) is 0 Å². The normalized spacial score (nSPS) is 29.6. The third kappa shape index (κ3) is 12.9. The van der Waals surface area contributed by atoms with Crippen LogP contribution < -0.4 is 31.9 Å². The molecule has 4 aliphatic heterocycles. The van der Waals surface area contributed by atoms with E-state index in [4.69, 9.17) is 9.47 Å². The van der Waals surface area contributed by atoms with Crippen molar-refractivity contribution >= 4 is 59.0 Å². The van der Waals surface area contributed by atoms with E-state index in [0.29, 0.717) is 51.1 Å². The molecule has 4 saturated heterocycles. The third-order valence-corrected chi connectivity index (χ3v) is 19.1. The lowest BCUT2D eigenvalue weighted by molar-refractivity contribution is -0.163. The summed E-state index contributed by atoms with van der Waals surface area (Å²) in [7, 11) is 3.33. The van der Waals surface area contributed by atoms with Gasteiger partial charge >= 0.3 is 0 Å². The van der Waals surface area contributed by atoms with Crippen molar-refractivity contribution in [2.75, 3.05) is 45.4 Å². The molecule has 0 radical (unpaired) electrons. The van der Waals surface area contributed by atoms with Crippen molar-refractivity contribution in [1.82, 2.24) is 41.7 Å². The van der Waals surface area contributed by atoms with Crippen LogP contribution in [0.2, 0.25) is 0 Å². The average molecular weight is 1090 g/mol. The summed E-state index contributed by atoms with van der Waals surface area (Å²) in [6.45, 7) is 11.0. The average Bonchev–Trinajstić information content (AvgIpc) is 4.07. The minimum absolute atomic E-state index is 0.0420. The number of carbonyl (C=O) groups is 6. The second-order valence-electron chi connectivity index (χ2n) is 23.3. The Morgan fingerprint density at radius 2 is 1.18 bits per heavy atom. The fourth-order valence-corrected chi connectivity index (χ4v) is 15.7. The Bertz CT molecular complexity index is 2410. The number of nitrogens with one attached hydrogen (secondary N) is 6. The zero-order valence-electron chi connectivity index (χ0n) is 45.8. The fraction of sp³-hybridized carbons (Fsp3) is 0.684. The zero-order chi connectivity index (χ0) is 54.4. The molecule has 7 N–H and O–H groups in total. The molecule has 6 amide bonds. The first-order valence-corrected chi connectivity index (χ1v) is 30.0. The van der Waals surface area contributed by atoms with E-state index >= 15 is 0 Å². The predicted octanol–water partition coefficient (Wildman–Crippen LogP) is 5.00. The van der Waals surface area contributed by atoms with Gasteiger partial charge in [-0.15, -0.1) is 23.5 Å². The second kappa shape index (κ2) is 25.3. The molecule has 8 rings (SSSR count). The van der Waals surface area contributed by atoms with E-state index in [1.54, 1.807) is 37.7 Å². The number of unbranched alkanes of at least 4 members (excludes halogenated alkanes) is 7. The third-order valence-electron chi connectivity index (χ3n) is 16.7. The highest BCUT2D eigenvalue weighted by molar-refractivity contribution is 8.00. The summed E-state index contributed by atoms with van der Waals surface area (Å²) < 4.78 is 13.1. The first-order valence-electron chi connectivity index (χ1n) is 27.9. The van der Waals surface area contributed by atoms with Gasteiger partial charge in [-0.3, -0.25) is 28.8 Å². The number of hydrogen-bond donors (Lipinski definition) is 7. The van der Waals surface area contributed by atoms with E-state index in [-0.39, 0.29) is 65.6 Å². The molecule has 0 aromatic heterocycles. The molecule has 1 unspecified atom stereocenters. The predicted molar refractivity (Wildman–Crippen MR) is 296 cm³/mol. The summed E-state index contributed by atoms with van der Waals surface area (Å²) in [4.78, 5) is 86.1. The highest BCUT2D eigenvalue weighted by atomic mass is 32.2. The molecule has 17 nitrogen and oxygen atoms in total. The molecule has 19 heteroatoms. The molecule has 0 saturated carbocycles. The lowest BCUT2D eigenvalue weighted by Crippen LogP contribution is -2.65. The van der Waals surface area contributed by atoms with Crippen molar-refractivity contribution in [3.05, 3.63) is 70.8 Å². The minimum Gasteiger partial charge on any atom is -0.375 e. The van der Waals surface area contributed by atoms with E-state index in [9.17, 15) is 33.9 Å². The number of rotatable bonds is 23. The van der Waals surface area contributed by atoms with Crippen LogP contribution in [0.1, 0.15) is 146 Å². The molecule has 418 valence electrons. The molecule has 6 aliphatic rings. The SMILES string of the molecule is CNCC(=O)N[C@H]1CCS[C@H]2CC(C)(C)[C@@H](C(=O)NC3c4ccccc4C[C@H]3OCCCCCCCCCCO[C@@H]3Cc4ccccc4[C@@H]3NC(=O)[C@H]3N4C(=O)[C@](O)(NC(=O)[C@H](C)NC)CCS[C@H]4CC3(C)C)N2C1=O. The van der Waals surface area contributed by atoms with Gasteiger partial charge in [-0.25, -0.2) is 0 Å². The molecule has 76 heavy (non-hydrogen) atoms. The van der Waals surface area contributed by atoms with Gasteiger partial charge in [-0.1, -0.05) is 115 Å². The molecule has 0 spiro atoms. The van der Waals surface area contributed by atoms with Gasteiger partial charge in [0.1, 0.15) is 18.1 Å². The number of aliphatic hydroxyl groups is 1. The number of likely N-dealkylation sites (N-methyl/N-ethyl adjacent to an activating group) is 2. The Morgan fingerprint density at radius 1 is 0.697 bits per heavy atom. The van der Waals surface area contributed by atoms with Gasteiger partial charge in [0, 0.05) is 38.2 Å². The lowest BCUT2D eigenvalue weighted by Gasteiger charge is -2.37. The molecule has 2 aromatic carbocycles. The van der Waals surface area contributed by atoms with Crippen molar-refractivity contribution in [2.45, 2.75) is 189 Å². The van der Waals surface area contributed by atoms with Crippen molar-refractivity contribution < 1.29 is 43.3 Å². The number of fused-ring (bicyclic) bond motifs is 4. The van der Waals surface area contributed by atoms with Crippen molar-refractivity contribution in [3.63, 3.8) is 0 Å². The van der Waals surface area contributed by atoms with Crippen LogP contribution in [0.25, 0.3) is 0 Å². The van der Waals surface area contributed by atoms with Crippen LogP contribution in [0.3, 0.4) is 0 Å². The van der Waals surface area contributed by atoms with Crippen LogP contribution in [0.15, 0.2) is 48.5 Å². The number of carbonyl (C=O) groups excluding carboxylic acids is 6. The number of nitrogens with zero attached hydrogens (tertiary/aromatic N) is 2. The van der Waals surface area contributed by atoms with E-state index in [1.807, 2.05) is 44.2 Å². The summed E-state index contributed by atoms with van der Waals surface area (Å²) in [6.07, 6.45) is 11.1. The van der Waals surface area contributed by atoms with Crippen molar-refractivity contribution in [3.8, 4) is 0 Å². The topological polar surface area (TPSA) is 220 Å². The molecular formula is C57H84N8O9S2. The van der Waals surface area contributed by atoms with Crippen LogP contribution in [0.5, 0.6) is 0 Å². The summed E-state index contributed by atoms with van der Waals surface area (Å²) in [5.41, 5.74) is 1.17. The summed E-state index contributed by atoms with van der Waals surface area (Å²) in [5, 5.41) is 29.1. The molecule has 4 fully saturated rings. The Labute approximate surface area is 458 Å². The van der Waals surface area contributed by atoms with Gasteiger partial charge in [0.2, 0.25) is 35.3 Å². The van der Waals surface area contributed by atoms with E-state index < -0.39 is 58.6 Å². The second-order valence-corrected chi connectivity index (χ2v) is 25.8. The largest absolute Gasteiger partial charge is 0.375 e. The monoisotopic (exact) mass is 1090 g/mol. The van der Waals surface area contributed by atoms with Gasteiger partial charge in [-0.2, -0.15) is 0 Å². The van der Waals surface area contributed by atoms with Gasteiger partial charge in [0.25, 0.3) is 5.91 Å². The number of benzene rings is 2. The highest BCUT2D eigenvalue weighted by Crippen LogP contribution is 2.49.